The molecule has 0 fully saturated rings. The summed E-state index contributed by atoms with van der Waals surface area (Å²) in [5.74, 6) is 0. The van der Waals surface area contributed by atoms with Crippen LogP contribution in [0, 0.1) is 13.8 Å². The van der Waals surface area contributed by atoms with E-state index in [0.717, 1.165) is 24.3 Å². The van der Waals surface area contributed by atoms with Gasteiger partial charge in [0.25, 0.3) is 0 Å². The number of aromatic nitrogens is 2. The fourth-order valence-corrected chi connectivity index (χ4v) is 3.69. The summed E-state index contributed by atoms with van der Waals surface area (Å²) in [6.07, 6.45) is 0. The standard InChI is InChI=1S/C21H23Cl2N3/c1-14(19-10-9-18(22)11-21(19)23)24-12-20-15(2)25-26(16(20)3)13-17-7-5-4-6-8-17/h4-11,14,24H,12-13H2,1-3H3/t14-/m0/s1. The zero-order valence-electron chi connectivity index (χ0n) is 15.3. The molecule has 0 amide bonds. The lowest BCUT2D eigenvalue weighted by Gasteiger charge is -2.16. The SMILES string of the molecule is Cc1nn(Cc2ccccc2)c(C)c1CN[C@@H](C)c1ccc(Cl)cc1Cl. The summed E-state index contributed by atoms with van der Waals surface area (Å²) < 4.78 is 2.07. The molecule has 0 radical (unpaired) electrons. The maximum atomic E-state index is 6.32. The van der Waals surface area contributed by atoms with E-state index in [1.54, 1.807) is 6.07 Å². The van der Waals surface area contributed by atoms with Gasteiger partial charge in [0.05, 0.1) is 12.2 Å². The Morgan fingerprint density at radius 2 is 1.81 bits per heavy atom. The smallest absolute Gasteiger partial charge is 0.0662 e. The van der Waals surface area contributed by atoms with Gasteiger partial charge in [0.1, 0.15) is 0 Å². The second kappa shape index (κ2) is 8.26. The Balaban J connectivity index is 1.72. The molecule has 136 valence electrons. The molecule has 0 bridgehead atoms. The van der Waals surface area contributed by atoms with Gasteiger partial charge in [-0.25, -0.2) is 0 Å². The molecule has 1 atom stereocenters. The minimum absolute atomic E-state index is 0.121. The molecular formula is C21H23Cl2N3. The van der Waals surface area contributed by atoms with Crippen molar-refractivity contribution in [2.45, 2.75) is 39.9 Å². The Labute approximate surface area is 164 Å². The van der Waals surface area contributed by atoms with Crippen molar-refractivity contribution in [1.82, 2.24) is 15.1 Å². The average molecular weight is 388 g/mol. The Hall–Kier alpha value is -1.81. The first kappa shape index (κ1) is 19.0. The van der Waals surface area contributed by atoms with Crippen molar-refractivity contribution in [2.24, 2.45) is 0 Å². The fraction of sp³-hybridized carbons (Fsp3) is 0.286. The van der Waals surface area contributed by atoms with Crippen LogP contribution in [-0.4, -0.2) is 9.78 Å². The first-order chi connectivity index (χ1) is 12.5. The molecule has 1 aromatic heterocycles. The van der Waals surface area contributed by atoms with E-state index in [1.807, 2.05) is 18.2 Å². The molecule has 0 aliphatic heterocycles. The highest BCUT2D eigenvalue weighted by Crippen LogP contribution is 2.26. The lowest BCUT2D eigenvalue weighted by molar-refractivity contribution is 0.571. The molecule has 1 N–H and O–H groups in total. The van der Waals surface area contributed by atoms with Crippen molar-refractivity contribution in [3.05, 3.63) is 86.7 Å². The zero-order valence-corrected chi connectivity index (χ0v) is 16.8. The van der Waals surface area contributed by atoms with E-state index in [-0.39, 0.29) is 6.04 Å². The van der Waals surface area contributed by atoms with Crippen LogP contribution in [0.25, 0.3) is 0 Å². The van der Waals surface area contributed by atoms with E-state index in [0.29, 0.717) is 10.0 Å². The third-order valence-corrected chi connectivity index (χ3v) is 5.28. The molecule has 1 heterocycles. The van der Waals surface area contributed by atoms with Gasteiger partial charge >= 0.3 is 0 Å². The maximum absolute atomic E-state index is 6.32. The van der Waals surface area contributed by atoms with E-state index in [4.69, 9.17) is 28.3 Å². The van der Waals surface area contributed by atoms with Gasteiger partial charge in [-0.05, 0) is 44.0 Å². The van der Waals surface area contributed by atoms with Crippen molar-refractivity contribution in [2.75, 3.05) is 0 Å². The van der Waals surface area contributed by atoms with Crippen LogP contribution < -0.4 is 5.32 Å². The number of nitrogens with zero attached hydrogens (tertiary/aromatic N) is 2. The molecule has 26 heavy (non-hydrogen) atoms. The monoisotopic (exact) mass is 387 g/mol. The molecule has 3 nitrogen and oxygen atoms in total. The van der Waals surface area contributed by atoms with Crippen LogP contribution in [-0.2, 0) is 13.1 Å². The van der Waals surface area contributed by atoms with Crippen LogP contribution in [0.15, 0.2) is 48.5 Å². The molecule has 3 aromatic rings. The van der Waals surface area contributed by atoms with Gasteiger partial charge in [0, 0.05) is 33.9 Å². The predicted octanol–water partition coefficient (Wildman–Crippen LogP) is 5.71. The molecule has 3 rings (SSSR count). The van der Waals surface area contributed by atoms with Crippen LogP contribution in [0.3, 0.4) is 0 Å². The van der Waals surface area contributed by atoms with Gasteiger partial charge < -0.3 is 5.32 Å². The predicted molar refractivity (Wildman–Crippen MR) is 109 cm³/mol. The van der Waals surface area contributed by atoms with Gasteiger partial charge in [0.2, 0.25) is 0 Å². The van der Waals surface area contributed by atoms with Crippen LogP contribution in [0.2, 0.25) is 10.0 Å². The van der Waals surface area contributed by atoms with Gasteiger partial charge in [-0.15, -0.1) is 0 Å². The molecule has 0 aliphatic rings. The number of halogens is 2. The van der Waals surface area contributed by atoms with Crippen LogP contribution >= 0.6 is 23.2 Å². The zero-order chi connectivity index (χ0) is 18.7. The number of rotatable bonds is 6. The highest BCUT2D eigenvalue weighted by molar-refractivity contribution is 6.35. The average Bonchev–Trinajstić information content (AvgIpc) is 2.87. The van der Waals surface area contributed by atoms with Crippen molar-refractivity contribution in [1.29, 1.82) is 0 Å². The molecule has 5 heteroatoms. The number of aryl methyl sites for hydroxylation is 1. The van der Waals surface area contributed by atoms with Crippen molar-refractivity contribution < 1.29 is 0 Å². The normalized spacial score (nSPS) is 12.3. The summed E-state index contributed by atoms with van der Waals surface area (Å²) in [4.78, 5) is 0. The summed E-state index contributed by atoms with van der Waals surface area (Å²) in [6.45, 7) is 7.82. The molecule has 2 aromatic carbocycles. The molecule has 0 saturated carbocycles. The van der Waals surface area contributed by atoms with Crippen molar-refractivity contribution in [3.63, 3.8) is 0 Å². The summed E-state index contributed by atoms with van der Waals surface area (Å²) in [6, 6.07) is 16.1. The van der Waals surface area contributed by atoms with Gasteiger partial charge in [-0.2, -0.15) is 5.10 Å². The van der Waals surface area contributed by atoms with Crippen molar-refractivity contribution in [3.8, 4) is 0 Å². The summed E-state index contributed by atoms with van der Waals surface area (Å²) in [7, 11) is 0. The molecular weight excluding hydrogens is 365 g/mol. The number of hydrogen-bond acceptors (Lipinski definition) is 2. The minimum Gasteiger partial charge on any atom is -0.306 e. The van der Waals surface area contributed by atoms with E-state index in [9.17, 15) is 0 Å². The number of nitrogens with one attached hydrogen (secondary N) is 1. The topological polar surface area (TPSA) is 29.9 Å². The second-order valence-corrected chi connectivity index (χ2v) is 7.40. The van der Waals surface area contributed by atoms with E-state index in [1.165, 1.54) is 16.8 Å². The Morgan fingerprint density at radius 1 is 1.08 bits per heavy atom. The van der Waals surface area contributed by atoms with E-state index < -0.39 is 0 Å². The Morgan fingerprint density at radius 3 is 2.50 bits per heavy atom. The second-order valence-electron chi connectivity index (χ2n) is 6.56. The maximum Gasteiger partial charge on any atom is 0.0662 e. The van der Waals surface area contributed by atoms with Crippen molar-refractivity contribution >= 4 is 23.2 Å². The quantitative estimate of drug-likeness (QED) is 0.587. The molecule has 0 saturated heterocycles. The molecule has 0 spiro atoms. The highest BCUT2D eigenvalue weighted by Gasteiger charge is 2.15. The number of hydrogen-bond donors (Lipinski definition) is 1. The third-order valence-electron chi connectivity index (χ3n) is 4.72. The first-order valence-electron chi connectivity index (χ1n) is 8.71. The Kier molecular flexibility index (Phi) is 6.02. The van der Waals surface area contributed by atoms with Gasteiger partial charge in [0.15, 0.2) is 0 Å². The van der Waals surface area contributed by atoms with E-state index in [2.05, 4.69) is 55.0 Å². The largest absolute Gasteiger partial charge is 0.306 e. The van der Waals surface area contributed by atoms with Gasteiger partial charge in [-0.3, -0.25) is 4.68 Å². The summed E-state index contributed by atoms with van der Waals surface area (Å²) in [5.41, 5.74) is 5.77. The summed E-state index contributed by atoms with van der Waals surface area (Å²) >= 11 is 12.3. The third kappa shape index (κ3) is 4.29. The fourth-order valence-electron chi connectivity index (χ4n) is 3.12. The van der Waals surface area contributed by atoms with Crippen LogP contribution in [0.5, 0.6) is 0 Å². The van der Waals surface area contributed by atoms with Crippen LogP contribution in [0.4, 0.5) is 0 Å². The lowest BCUT2D eigenvalue weighted by atomic mass is 10.1. The number of benzene rings is 2. The Bertz CT molecular complexity index is 888. The van der Waals surface area contributed by atoms with Crippen LogP contribution in [0.1, 0.15) is 41.0 Å². The first-order valence-corrected chi connectivity index (χ1v) is 9.46. The van der Waals surface area contributed by atoms with E-state index >= 15 is 0 Å². The highest BCUT2D eigenvalue weighted by atomic mass is 35.5. The molecule has 0 unspecified atom stereocenters. The lowest BCUT2D eigenvalue weighted by Crippen LogP contribution is -2.19. The minimum atomic E-state index is 0.121. The van der Waals surface area contributed by atoms with Gasteiger partial charge in [-0.1, -0.05) is 59.6 Å². The summed E-state index contributed by atoms with van der Waals surface area (Å²) in [5, 5.41) is 9.61. The molecule has 0 aliphatic carbocycles.